The van der Waals surface area contributed by atoms with Crippen LogP contribution in [0.25, 0.3) is 0 Å². The zero-order valence-electron chi connectivity index (χ0n) is 16.4. The van der Waals surface area contributed by atoms with E-state index in [2.05, 4.69) is 6.08 Å². The maximum atomic E-state index is 13.0. The van der Waals surface area contributed by atoms with Gasteiger partial charge in [-0.2, -0.15) is 0 Å². The molecule has 1 saturated carbocycles. The van der Waals surface area contributed by atoms with Crippen molar-refractivity contribution in [1.29, 1.82) is 0 Å². The lowest BCUT2D eigenvalue weighted by atomic mass is 9.82. The smallest absolute Gasteiger partial charge is 0.338 e. The average Bonchev–Trinajstić information content (AvgIpc) is 3.38. The van der Waals surface area contributed by atoms with Crippen molar-refractivity contribution in [1.82, 2.24) is 0 Å². The van der Waals surface area contributed by atoms with Crippen LogP contribution < -0.4 is 4.90 Å². The number of hydrogen-bond acceptors (Lipinski definition) is 4. The fraction of sp³-hybridized carbons (Fsp3) is 0.292. The maximum Gasteiger partial charge on any atom is 0.338 e. The molecule has 2 amide bonds. The zero-order chi connectivity index (χ0) is 21.0. The first-order valence-corrected chi connectivity index (χ1v) is 10.4. The van der Waals surface area contributed by atoms with E-state index in [1.54, 1.807) is 48.5 Å². The van der Waals surface area contributed by atoms with Crippen molar-refractivity contribution < 1.29 is 19.1 Å². The lowest BCUT2D eigenvalue weighted by molar-refractivity contribution is -0.123. The Morgan fingerprint density at radius 3 is 2.40 bits per heavy atom. The number of anilines is 1. The van der Waals surface area contributed by atoms with Gasteiger partial charge in [-0.3, -0.25) is 14.5 Å². The van der Waals surface area contributed by atoms with Crippen molar-refractivity contribution in [2.45, 2.75) is 20.0 Å². The van der Waals surface area contributed by atoms with Crippen LogP contribution in [0.4, 0.5) is 5.69 Å². The van der Waals surface area contributed by atoms with E-state index < -0.39 is 5.97 Å². The lowest BCUT2D eigenvalue weighted by Gasteiger charge is -2.19. The second kappa shape index (κ2) is 7.10. The number of nitrogens with zero attached hydrogens (tertiary/aromatic N) is 1. The van der Waals surface area contributed by atoms with Crippen molar-refractivity contribution in [2.75, 3.05) is 4.90 Å². The number of carbonyl (C=O) groups is 3. The van der Waals surface area contributed by atoms with E-state index in [1.807, 2.05) is 6.92 Å². The summed E-state index contributed by atoms with van der Waals surface area (Å²) in [4.78, 5) is 39.6. The maximum absolute atomic E-state index is 13.0. The molecule has 0 spiro atoms. The van der Waals surface area contributed by atoms with E-state index in [9.17, 15) is 14.4 Å². The molecular formula is C24H20ClNO4. The van der Waals surface area contributed by atoms with E-state index in [4.69, 9.17) is 16.3 Å². The average molecular weight is 422 g/mol. The third-order valence-electron chi connectivity index (χ3n) is 6.53. The monoisotopic (exact) mass is 421 g/mol. The van der Waals surface area contributed by atoms with Gasteiger partial charge >= 0.3 is 5.97 Å². The Bertz CT molecular complexity index is 1070. The standard InChI is InChI=1S/C24H20ClNO4/c1-13-10-16-11-19(13)21-20(16)22(27)26(23(21)28)18-8-4-15(5-9-18)24(29)30-12-14-2-6-17(25)7-3-14/h2-10,16,19-21H,11-12H2,1H3/t16-,19-,20+,21+/m0/s1. The summed E-state index contributed by atoms with van der Waals surface area (Å²) in [5, 5.41) is 0.620. The zero-order valence-corrected chi connectivity index (χ0v) is 17.1. The first-order valence-electron chi connectivity index (χ1n) is 10.0. The lowest BCUT2D eigenvalue weighted by Crippen LogP contribution is -2.32. The summed E-state index contributed by atoms with van der Waals surface area (Å²) in [7, 11) is 0. The molecule has 0 aromatic heterocycles. The van der Waals surface area contributed by atoms with Crippen LogP contribution in [0.3, 0.4) is 0 Å². The van der Waals surface area contributed by atoms with Crippen molar-refractivity contribution >= 4 is 35.1 Å². The largest absolute Gasteiger partial charge is 0.457 e. The second-order valence-electron chi connectivity index (χ2n) is 8.23. The van der Waals surface area contributed by atoms with Crippen LogP contribution in [0.1, 0.15) is 29.3 Å². The van der Waals surface area contributed by atoms with Gasteiger partial charge in [0.25, 0.3) is 0 Å². The molecule has 1 saturated heterocycles. The molecule has 152 valence electrons. The minimum Gasteiger partial charge on any atom is -0.457 e. The van der Waals surface area contributed by atoms with Gasteiger partial charge in [0.05, 0.1) is 23.1 Å². The molecular weight excluding hydrogens is 402 g/mol. The van der Waals surface area contributed by atoms with E-state index in [-0.39, 0.29) is 42.1 Å². The van der Waals surface area contributed by atoms with Crippen LogP contribution >= 0.6 is 11.6 Å². The number of allylic oxidation sites excluding steroid dienone is 2. The number of halogens is 1. The van der Waals surface area contributed by atoms with Crippen LogP contribution in [0, 0.1) is 23.7 Å². The summed E-state index contributed by atoms with van der Waals surface area (Å²) in [5.74, 6) is -0.841. The molecule has 4 atom stereocenters. The van der Waals surface area contributed by atoms with Gasteiger partial charge in [0, 0.05) is 5.02 Å². The minimum atomic E-state index is -0.467. The van der Waals surface area contributed by atoms with E-state index in [1.165, 1.54) is 10.5 Å². The van der Waals surface area contributed by atoms with E-state index in [0.717, 1.165) is 12.0 Å². The number of hydrogen-bond donors (Lipinski definition) is 0. The SMILES string of the molecule is CC1=C[C@H]2C[C@@H]1[C@H]1C(=O)N(c3ccc(C(=O)OCc4ccc(Cl)cc4)cc3)C(=O)[C@@H]12. The summed E-state index contributed by atoms with van der Waals surface area (Å²) in [6.45, 7) is 2.19. The van der Waals surface area contributed by atoms with Gasteiger partial charge in [-0.1, -0.05) is 35.4 Å². The number of imide groups is 1. The molecule has 2 aromatic rings. The number of rotatable bonds is 4. The quantitative estimate of drug-likeness (QED) is 0.417. The molecule has 2 bridgehead atoms. The van der Waals surface area contributed by atoms with Crippen molar-refractivity contribution in [3.8, 4) is 0 Å². The molecule has 3 aliphatic rings. The van der Waals surface area contributed by atoms with Crippen molar-refractivity contribution in [2.24, 2.45) is 23.7 Å². The number of fused-ring (bicyclic) bond motifs is 5. The third kappa shape index (κ3) is 2.96. The minimum absolute atomic E-state index is 0.122. The molecule has 30 heavy (non-hydrogen) atoms. The Morgan fingerprint density at radius 2 is 1.70 bits per heavy atom. The van der Waals surface area contributed by atoms with Crippen LogP contribution in [0.2, 0.25) is 5.02 Å². The van der Waals surface area contributed by atoms with E-state index in [0.29, 0.717) is 16.3 Å². The molecule has 2 aromatic carbocycles. The first-order chi connectivity index (χ1) is 14.4. The third-order valence-corrected chi connectivity index (χ3v) is 6.78. The fourth-order valence-electron chi connectivity index (χ4n) is 5.09. The Labute approximate surface area is 179 Å². The topological polar surface area (TPSA) is 63.7 Å². The summed E-state index contributed by atoms with van der Waals surface area (Å²) >= 11 is 5.85. The molecule has 2 fully saturated rings. The molecule has 5 nitrogen and oxygen atoms in total. The highest BCUT2D eigenvalue weighted by atomic mass is 35.5. The van der Waals surface area contributed by atoms with Crippen molar-refractivity contribution in [3.63, 3.8) is 0 Å². The molecule has 6 heteroatoms. The Hall–Kier alpha value is -2.92. The molecule has 1 heterocycles. The molecule has 0 N–H and O–H groups in total. The molecule has 0 unspecified atom stereocenters. The number of benzene rings is 2. The molecule has 1 aliphatic heterocycles. The van der Waals surface area contributed by atoms with Crippen LogP contribution in [-0.2, 0) is 20.9 Å². The highest BCUT2D eigenvalue weighted by molar-refractivity contribution is 6.30. The van der Waals surface area contributed by atoms with Gasteiger partial charge < -0.3 is 4.74 Å². The number of carbonyl (C=O) groups excluding carboxylic acids is 3. The van der Waals surface area contributed by atoms with Gasteiger partial charge in [-0.05, 0) is 67.1 Å². The number of amides is 2. The number of esters is 1. The van der Waals surface area contributed by atoms with Crippen LogP contribution in [0.15, 0.2) is 60.2 Å². The summed E-state index contributed by atoms with van der Waals surface area (Å²) < 4.78 is 5.33. The Morgan fingerprint density at radius 1 is 1.03 bits per heavy atom. The highest BCUT2D eigenvalue weighted by Crippen LogP contribution is 2.55. The predicted octanol–water partition coefficient (Wildman–Crippen LogP) is 4.40. The van der Waals surface area contributed by atoms with Gasteiger partial charge in [-0.15, -0.1) is 0 Å². The Kier molecular flexibility index (Phi) is 4.51. The molecule has 5 rings (SSSR count). The fourth-order valence-corrected chi connectivity index (χ4v) is 5.21. The van der Waals surface area contributed by atoms with Gasteiger partial charge in [0.2, 0.25) is 11.8 Å². The van der Waals surface area contributed by atoms with Gasteiger partial charge in [-0.25, -0.2) is 4.79 Å². The van der Waals surface area contributed by atoms with Crippen LogP contribution in [-0.4, -0.2) is 17.8 Å². The first kappa shape index (κ1) is 19.1. The second-order valence-corrected chi connectivity index (χ2v) is 8.67. The summed E-state index contributed by atoms with van der Waals surface area (Å²) in [6, 6.07) is 13.5. The molecule has 0 radical (unpaired) electrons. The van der Waals surface area contributed by atoms with Gasteiger partial charge in [0.1, 0.15) is 6.61 Å². The normalized spacial score (nSPS) is 26.7. The summed E-state index contributed by atoms with van der Waals surface area (Å²) in [6.07, 6.45) is 3.06. The predicted molar refractivity (Wildman–Crippen MR) is 112 cm³/mol. The van der Waals surface area contributed by atoms with Crippen LogP contribution in [0.5, 0.6) is 0 Å². The summed E-state index contributed by atoms with van der Waals surface area (Å²) in [5.41, 5.74) is 2.93. The molecule has 2 aliphatic carbocycles. The van der Waals surface area contributed by atoms with Crippen molar-refractivity contribution in [3.05, 3.63) is 76.3 Å². The van der Waals surface area contributed by atoms with Gasteiger partial charge in [0.15, 0.2) is 0 Å². The van der Waals surface area contributed by atoms with E-state index >= 15 is 0 Å². The highest BCUT2D eigenvalue weighted by Gasteiger charge is 2.60. The number of ether oxygens (including phenoxy) is 1. The Balaban J connectivity index is 1.28.